The minimum absolute atomic E-state index is 0.110. The lowest BCUT2D eigenvalue weighted by Gasteiger charge is -2.07. The van der Waals surface area contributed by atoms with Gasteiger partial charge < -0.3 is 9.73 Å². The molecule has 5 nitrogen and oxygen atoms in total. The molecule has 4 rings (SSSR count). The molecule has 4 aromatic rings. The minimum Gasteiger partial charge on any atom is -0.441 e. The number of aromatic nitrogens is 2. The third kappa shape index (κ3) is 3.68. The quantitative estimate of drug-likeness (QED) is 0.541. The monoisotopic (exact) mass is 377 g/mol. The number of aryl methyl sites for hydroxylation is 1. The fourth-order valence-corrected chi connectivity index (χ4v) is 3.08. The second-order valence-corrected chi connectivity index (χ2v) is 6.57. The third-order valence-electron chi connectivity index (χ3n) is 4.20. The summed E-state index contributed by atoms with van der Waals surface area (Å²) in [6.45, 7) is 1.79. The van der Waals surface area contributed by atoms with E-state index in [9.17, 15) is 4.79 Å². The van der Waals surface area contributed by atoms with E-state index in [1.807, 2.05) is 42.5 Å². The summed E-state index contributed by atoms with van der Waals surface area (Å²) in [5.74, 6) is 0.878. The lowest BCUT2D eigenvalue weighted by Crippen LogP contribution is -2.15. The molecular formula is C21H16ClN3O2. The normalized spacial score (nSPS) is 10.9. The molecular weight excluding hydrogens is 362 g/mol. The molecule has 0 fully saturated rings. The fourth-order valence-electron chi connectivity index (χ4n) is 2.89. The molecule has 0 radical (unpaired) electrons. The second kappa shape index (κ2) is 7.21. The summed E-state index contributed by atoms with van der Waals surface area (Å²) < 4.78 is 5.71. The zero-order valence-electron chi connectivity index (χ0n) is 14.6. The van der Waals surface area contributed by atoms with Gasteiger partial charge in [-0.2, -0.15) is 0 Å². The van der Waals surface area contributed by atoms with E-state index in [1.54, 1.807) is 25.3 Å². The molecule has 1 N–H and O–H groups in total. The minimum atomic E-state index is -0.179. The molecule has 134 valence electrons. The van der Waals surface area contributed by atoms with Gasteiger partial charge in [-0.25, -0.2) is 4.98 Å². The molecule has 0 bridgehead atoms. The number of hydrogen-bond donors (Lipinski definition) is 1. The van der Waals surface area contributed by atoms with Gasteiger partial charge in [-0.3, -0.25) is 9.78 Å². The Bertz CT molecular complexity index is 1130. The van der Waals surface area contributed by atoms with Crippen LogP contribution in [0.1, 0.15) is 11.5 Å². The number of carbonyl (C=O) groups excluding carboxylic acids is 1. The van der Waals surface area contributed by atoms with Crippen LogP contribution < -0.4 is 5.32 Å². The van der Waals surface area contributed by atoms with E-state index >= 15 is 0 Å². The van der Waals surface area contributed by atoms with Gasteiger partial charge in [0.2, 0.25) is 11.8 Å². The van der Waals surface area contributed by atoms with Crippen LogP contribution in [-0.2, 0) is 11.2 Å². The summed E-state index contributed by atoms with van der Waals surface area (Å²) in [5, 5.41) is 4.49. The highest BCUT2D eigenvalue weighted by molar-refractivity contribution is 6.30. The predicted molar refractivity (Wildman–Crippen MR) is 106 cm³/mol. The van der Waals surface area contributed by atoms with Crippen LogP contribution in [-0.4, -0.2) is 15.9 Å². The number of nitrogens with one attached hydrogen (secondary N) is 1. The summed E-state index contributed by atoms with van der Waals surface area (Å²) in [4.78, 5) is 21.3. The first-order valence-electron chi connectivity index (χ1n) is 8.46. The summed E-state index contributed by atoms with van der Waals surface area (Å²) in [7, 11) is 0. The highest BCUT2D eigenvalue weighted by Crippen LogP contribution is 2.25. The van der Waals surface area contributed by atoms with Gasteiger partial charge in [0.25, 0.3) is 0 Å². The number of pyridine rings is 1. The lowest BCUT2D eigenvalue weighted by molar-refractivity contribution is -0.115. The zero-order chi connectivity index (χ0) is 18.8. The van der Waals surface area contributed by atoms with E-state index < -0.39 is 0 Å². The Morgan fingerprint density at radius 3 is 2.81 bits per heavy atom. The third-order valence-corrected chi connectivity index (χ3v) is 4.43. The van der Waals surface area contributed by atoms with Crippen LogP contribution in [0.3, 0.4) is 0 Å². The van der Waals surface area contributed by atoms with E-state index in [1.165, 1.54) is 0 Å². The Morgan fingerprint density at radius 2 is 1.96 bits per heavy atom. The van der Waals surface area contributed by atoms with Crippen molar-refractivity contribution in [2.75, 3.05) is 5.32 Å². The van der Waals surface area contributed by atoms with Crippen LogP contribution >= 0.6 is 11.6 Å². The van der Waals surface area contributed by atoms with Gasteiger partial charge in [0, 0.05) is 22.2 Å². The molecule has 2 aromatic carbocycles. The molecule has 0 aliphatic heterocycles. The van der Waals surface area contributed by atoms with Gasteiger partial charge in [-0.05, 0) is 37.3 Å². The highest BCUT2D eigenvalue weighted by atomic mass is 35.5. The summed E-state index contributed by atoms with van der Waals surface area (Å²) in [5.41, 5.74) is 2.80. The summed E-state index contributed by atoms with van der Waals surface area (Å²) in [6, 6.07) is 16.8. The fraction of sp³-hybridized carbons (Fsp3) is 0.0952. The zero-order valence-corrected chi connectivity index (χ0v) is 15.3. The van der Waals surface area contributed by atoms with Crippen molar-refractivity contribution >= 4 is 34.1 Å². The van der Waals surface area contributed by atoms with Crippen molar-refractivity contribution in [1.29, 1.82) is 0 Å². The average Bonchev–Trinajstić information content (AvgIpc) is 3.02. The number of halogens is 1. The molecule has 0 atom stereocenters. The van der Waals surface area contributed by atoms with E-state index in [0.29, 0.717) is 28.1 Å². The van der Waals surface area contributed by atoms with Crippen molar-refractivity contribution in [3.63, 3.8) is 0 Å². The van der Waals surface area contributed by atoms with Crippen molar-refractivity contribution in [1.82, 2.24) is 9.97 Å². The first kappa shape index (κ1) is 17.2. The lowest BCUT2D eigenvalue weighted by atomic mass is 10.2. The smallest absolute Gasteiger partial charge is 0.230 e. The molecule has 0 aliphatic rings. The Labute approximate surface area is 161 Å². The number of nitrogens with zero attached hydrogens (tertiary/aromatic N) is 2. The Morgan fingerprint density at radius 1 is 1.15 bits per heavy atom. The van der Waals surface area contributed by atoms with Crippen LogP contribution in [0.2, 0.25) is 5.02 Å². The molecule has 0 spiro atoms. The molecule has 0 aliphatic carbocycles. The van der Waals surface area contributed by atoms with Crippen LogP contribution in [0.25, 0.3) is 22.4 Å². The predicted octanol–water partition coefficient (Wildman–Crippen LogP) is 5.03. The van der Waals surface area contributed by atoms with E-state index in [-0.39, 0.29) is 12.3 Å². The Hall–Kier alpha value is -3.18. The number of anilines is 1. The van der Waals surface area contributed by atoms with Crippen LogP contribution in [0.5, 0.6) is 0 Å². The summed E-state index contributed by atoms with van der Waals surface area (Å²) >= 11 is 6.02. The topological polar surface area (TPSA) is 68.0 Å². The van der Waals surface area contributed by atoms with Gasteiger partial charge in [-0.1, -0.05) is 35.9 Å². The average molecular weight is 378 g/mol. The Kier molecular flexibility index (Phi) is 4.60. The molecule has 1 amide bonds. The number of benzene rings is 2. The van der Waals surface area contributed by atoms with E-state index in [2.05, 4.69) is 15.3 Å². The van der Waals surface area contributed by atoms with E-state index in [0.717, 1.165) is 16.5 Å². The SMILES string of the molecule is Cc1oc(-c2cccc(Cl)c2)nc1CC(=O)Nc1cccc2cccnc12. The van der Waals surface area contributed by atoms with Gasteiger partial charge in [0.1, 0.15) is 5.76 Å². The van der Waals surface area contributed by atoms with Crippen molar-refractivity contribution in [3.8, 4) is 11.5 Å². The largest absolute Gasteiger partial charge is 0.441 e. The molecule has 0 saturated heterocycles. The van der Waals surface area contributed by atoms with Crippen molar-refractivity contribution in [2.24, 2.45) is 0 Å². The number of amides is 1. The number of carbonyl (C=O) groups is 1. The second-order valence-electron chi connectivity index (χ2n) is 6.14. The molecule has 6 heteroatoms. The van der Waals surface area contributed by atoms with Crippen LogP contribution in [0.15, 0.2) is 65.2 Å². The van der Waals surface area contributed by atoms with Gasteiger partial charge in [0.05, 0.1) is 23.3 Å². The van der Waals surface area contributed by atoms with Crippen LogP contribution in [0.4, 0.5) is 5.69 Å². The number of oxazole rings is 1. The number of fused-ring (bicyclic) bond motifs is 1. The Balaban J connectivity index is 1.55. The highest BCUT2D eigenvalue weighted by Gasteiger charge is 2.16. The molecule has 2 aromatic heterocycles. The van der Waals surface area contributed by atoms with Crippen molar-refractivity contribution in [2.45, 2.75) is 13.3 Å². The molecule has 0 saturated carbocycles. The van der Waals surface area contributed by atoms with Gasteiger partial charge >= 0.3 is 0 Å². The maximum Gasteiger partial charge on any atom is 0.230 e. The van der Waals surface area contributed by atoms with Gasteiger partial charge in [-0.15, -0.1) is 0 Å². The number of rotatable bonds is 4. The van der Waals surface area contributed by atoms with E-state index in [4.69, 9.17) is 16.0 Å². The molecule has 27 heavy (non-hydrogen) atoms. The summed E-state index contributed by atoms with van der Waals surface area (Å²) in [6.07, 6.45) is 1.82. The van der Waals surface area contributed by atoms with Crippen molar-refractivity contribution < 1.29 is 9.21 Å². The molecule has 2 heterocycles. The first-order valence-corrected chi connectivity index (χ1v) is 8.84. The number of hydrogen-bond acceptors (Lipinski definition) is 4. The van der Waals surface area contributed by atoms with Crippen LogP contribution in [0, 0.1) is 6.92 Å². The van der Waals surface area contributed by atoms with Crippen molar-refractivity contribution in [3.05, 3.63) is 77.3 Å². The number of para-hydroxylation sites is 1. The maximum absolute atomic E-state index is 12.5. The standard InChI is InChI=1S/C21H16ClN3O2/c1-13-18(25-21(27-13)15-6-2-8-16(22)11-15)12-19(26)24-17-9-3-5-14-7-4-10-23-20(14)17/h2-11H,12H2,1H3,(H,24,26). The first-order chi connectivity index (χ1) is 13.1. The van der Waals surface area contributed by atoms with Gasteiger partial charge in [0.15, 0.2) is 0 Å². The molecule has 0 unspecified atom stereocenters. The maximum atomic E-state index is 12.5.